The first-order valence-electron chi connectivity index (χ1n) is 8.08. The minimum Gasteiger partial charge on any atom is -0.444 e. The number of carbonyl (C=O) groups is 1. The summed E-state index contributed by atoms with van der Waals surface area (Å²) in [5.74, 6) is 0. The lowest BCUT2D eigenvalue weighted by Crippen LogP contribution is -2.54. The zero-order valence-electron chi connectivity index (χ0n) is 13.9. The van der Waals surface area contributed by atoms with Gasteiger partial charge < -0.3 is 9.64 Å². The summed E-state index contributed by atoms with van der Waals surface area (Å²) in [5.41, 5.74) is 0.689. The van der Waals surface area contributed by atoms with E-state index in [-0.39, 0.29) is 24.2 Å². The smallest absolute Gasteiger partial charge is 0.410 e. The third kappa shape index (κ3) is 3.18. The molecular formula is C18H23N3O2. The van der Waals surface area contributed by atoms with Crippen molar-refractivity contribution in [2.24, 2.45) is 0 Å². The Morgan fingerprint density at radius 3 is 2.65 bits per heavy atom. The number of benzene rings is 1. The second-order valence-electron chi connectivity index (χ2n) is 7.32. The van der Waals surface area contributed by atoms with Crippen molar-refractivity contribution in [2.45, 2.75) is 57.5 Å². The maximum Gasteiger partial charge on any atom is 0.410 e. The fraction of sp³-hybridized carbons (Fsp3) is 0.556. The van der Waals surface area contributed by atoms with Gasteiger partial charge in [-0.1, -0.05) is 30.3 Å². The molecule has 1 aromatic carbocycles. The summed E-state index contributed by atoms with van der Waals surface area (Å²) in [6.45, 7) is 6.99. The van der Waals surface area contributed by atoms with Crippen LogP contribution in [0.5, 0.6) is 0 Å². The maximum atomic E-state index is 12.4. The van der Waals surface area contributed by atoms with Crippen LogP contribution in [0.15, 0.2) is 30.3 Å². The Balaban J connectivity index is 1.71. The summed E-state index contributed by atoms with van der Waals surface area (Å²) in [7, 11) is 0. The van der Waals surface area contributed by atoms with Gasteiger partial charge in [0.1, 0.15) is 11.6 Å². The van der Waals surface area contributed by atoms with E-state index in [0.717, 1.165) is 13.0 Å². The topological polar surface area (TPSA) is 56.6 Å². The van der Waals surface area contributed by atoms with E-state index in [9.17, 15) is 10.1 Å². The largest absolute Gasteiger partial charge is 0.444 e. The first kappa shape index (κ1) is 15.8. The third-order valence-electron chi connectivity index (χ3n) is 4.48. The van der Waals surface area contributed by atoms with Crippen molar-refractivity contribution >= 4 is 6.09 Å². The number of ether oxygens (including phenoxy) is 1. The Morgan fingerprint density at radius 2 is 2.04 bits per heavy atom. The molecular weight excluding hydrogens is 290 g/mol. The van der Waals surface area contributed by atoms with Gasteiger partial charge in [0.05, 0.1) is 12.1 Å². The van der Waals surface area contributed by atoms with Gasteiger partial charge in [-0.2, -0.15) is 5.26 Å². The molecule has 2 saturated heterocycles. The zero-order valence-corrected chi connectivity index (χ0v) is 13.9. The standard InChI is InChI=1S/C18H23N3O2/c1-18(2,3)23-17(22)21-12-14-9-15(21)16(10-19)20(14)11-13-7-5-4-6-8-13/h4-8,14-16H,9,11-12H2,1-3H3/t14?,15?,16-/m0/s1. The van der Waals surface area contributed by atoms with Crippen molar-refractivity contribution in [3.8, 4) is 6.07 Å². The number of fused-ring (bicyclic) bond motifs is 2. The lowest BCUT2D eigenvalue weighted by atomic mass is 10.1. The van der Waals surface area contributed by atoms with E-state index in [2.05, 4.69) is 23.1 Å². The molecule has 122 valence electrons. The van der Waals surface area contributed by atoms with E-state index >= 15 is 0 Å². The Kier molecular flexibility index (Phi) is 4.03. The first-order chi connectivity index (χ1) is 10.9. The highest BCUT2D eigenvalue weighted by atomic mass is 16.6. The van der Waals surface area contributed by atoms with Crippen LogP contribution in [0.25, 0.3) is 0 Å². The lowest BCUT2D eigenvalue weighted by molar-refractivity contribution is 0.00662. The Morgan fingerprint density at radius 1 is 1.35 bits per heavy atom. The molecule has 5 heteroatoms. The predicted molar refractivity (Wildman–Crippen MR) is 86.5 cm³/mol. The molecule has 1 amide bonds. The molecule has 2 heterocycles. The number of piperazine rings is 1. The number of carbonyl (C=O) groups excluding carboxylic acids is 1. The minimum absolute atomic E-state index is 0.0661. The molecule has 2 aliphatic heterocycles. The molecule has 2 aliphatic rings. The summed E-state index contributed by atoms with van der Waals surface area (Å²) in [6.07, 6.45) is 0.550. The third-order valence-corrected chi connectivity index (χ3v) is 4.48. The normalized spacial score (nSPS) is 27.0. The van der Waals surface area contributed by atoms with E-state index < -0.39 is 5.60 Å². The van der Waals surface area contributed by atoms with Crippen LogP contribution in [0.2, 0.25) is 0 Å². The molecule has 0 aliphatic carbocycles. The van der Waals surface area contributed by atoms with Crippen LogP contribution in [-0.2, 0) is 11.3 Å². The lowest BCUT2D eigenvalue weighted by Gasteiger charge is -2.38. The molecule has 3 atom stereocenters. The predicted octanol–water partition coefficient (Wildman–Crippen LogP) is 2.77. The van der Waals surface area contributed by atoms with Crippen LogP contribution in [0.3, 0.4) is 0 Å². The van der Waals surface area contributed by atoms with E-state index in [1.807, 2.05) is 39.0 Å². The molecule has 0 spiro atoms. The Labute approximate surface area is 137 Å². The highest BCUT2D eigenvalue weighted by molar-refractivity contribution is 5.69. The number of likely N-dealkylation sites (tertiary alicyclic amines) is 2. The summed E-state index contributed by atoms with van der Waals surface area (Å²) in [6, 6.07) is 12.5. The minimum atomic E-state index is -0.509. The second kappa shape index (κ2) is 5.86. The summed E-state index contributed by atoms with van der Waals surface area (Å²) < 4.78 is 5.48. The molecule has 5 nitrogen and oxygen atoms in total. The van der Waals surface area contributed by atoms with E-state index in [4.69, 9.17) is 4.74 Å². The molecule has 2 unspecified atom stereocenters. The quantitative estimate of drug-likeness (QED) is 0.842. The second-order valence-corrected chi connectivity index (χ2v) is 7.32. The van der Waals surface area contributed by atoms with Gasteiger partial charge in [-0.15, -0.1) is 0 Å². The first-order valence-corrected chi connectivity index (χ1v) is 8.08. The number of rotatable bonds is 2. The number of nitrogens with zero attached hydrogens (tertiary/aromatic N) is 3. The molecule has 23 heavy (non-hydrogen) atoms. The van der Waals surface area contributed by atoms with Gasteiger partial charge in [0.2, 0.25) is 0 Å². The number of hydrogen-bond donors (Lipinski definition) is 0. The van der Waals surface area contributed by atoms with Crippen LogP contribution in [0.1, 0.15) is 32.8 Å². The Hall–Kier alpha value is -2.06. The van der Waals surface area contributed by atoms with Crippen molar-refractivity contribution in [1.29, 1.82) is 5.26 Å². The number of hydrogen-bond acceptors (Lipinski definition) is 4. The van der Waals surface area contributed by atoms with Gasteiger partial charge >= 0.3 is 6.09 Å². The van der Waals surface area contributed by atoms with Crippen LogP contribution in [0, 0.1) is 11.3 Å². The summed E-state index contributed by atoms with van der Waals surface area (Å²) in [5, 5.41) is 9.60. The monoisotopic (exact) mass is 313 g/mol. The van der Waals surface area contributed by atoms with Gasteiger partial charge in [0, 0.05) is 19.1 Å². The molecule has 2 bridgehead atoms. The maximum absolute atomic E-state index is 12.4. The van der Waals surface area contributed by atoms with E-state index in [0.29, 0.717) is 6.54 Å². The average molecular weight is 313 g/mol. The van der Waals surface area contributed by atoms with Gasteiger partial charge in [-0.25, -0.2) is 4.79 Å². The van der Waals surface area contributed by atoms with Crippen LogP contribution < -0.4 is 0 Å². The number of amides is 1. The van der Waals surface area contributed by atoms with Crippen molar-refractivity contribution in [2.75, 3.05) is 6.54 Å². The molecule has 0 aromatic heterocycles. The van der Waals surface area contributed by atoms with E-state index in [1.165, 1.54) is 5.56 Å². The number of nitriles is 1. The van der Waals surface area contributed by atoms with Gasteiger partial charge in [-0.3, -0.25) is 4.90 Å². The Bertz CT molecular complexity index is 617. The van der Waals surface area contributed by atoms with Gasteiger partial charge in [-0.05, 0) is 32.8 Å². The van der Waals surface area contributed by atoms with Crippen LogP contribution in [0.4, 0.5) is 4.79 Å². The van der Waals surface area contributed by atoms with Crippen LogP contribution >= 0.6 is 0 Å². The highest BCUT2D eigenvalue weighted by Crippen LogP contribution is 2.37. The zero-order chi connectivity index (χ0) is 16.6. The molecule has 0 N–H and O–H groups in total. The molecule has 0 radical (unpaired) electrons. The summed E-state index contributed by atoms with van der Waals surface area (Å²) >= 11 is 0. The fourth-order valence-electron chi connectivity index (χ4n) is 3.54. The molecule has 2 fully saturated rings. The van der Waals surface area contributed by atoms with Crippen molar-refractivity contribution in [3.63, 3.8) is 0 Å². The SMILES string of the molecule is CC(C)(C)OC(=O)N1CC2CC1[C@H](C#N)N2Cc1ccccc1. The summed E-state index contributed by atoms with van der Waals surface area (Å²) in [4.78, 5) is 16.3. The fourth-order valence-corrected chi connectivity index (χ4v) is 3.54. The van der Waals surface area contributed by atoms with Crippen molar-refractivity contribution in [1.82, 2.24) is 9.80 Å². The van der Waals surface area contributed by atoms with Gasteiger partial charge in [0.25, 0.3) is 0 Å². The van der Waals surface area contributed by atoms with Crippen molar-refractivity contribution < 1.29 is 9.53 Å². The van der Waals surface area contributed by atoms with Crippen molar-refractivity contribution in [3.05, 3.63) is 35.9 Å². The average Bonchev–Trinajstić information content (AvgIpc) is 3.04. The van der Waals surface area contributed by atoms with Gasteiger partial charge in [0.15, 0.2) is 0 Å². The molecule has 1 aromatic rings. The highest BCUT2D eigenvalue weighted by Gasteiger charge is 2.52. The molecule has 0 saturated carbocycles. The molecule has 3 rings (SSSR count). The van der Waals surface area contributed by atoms with Crippen LogP contribution in [-0.4, -0.2) is 46.2 Å². The van der Waals surface area contributed by atoms with E-state index in [1.54, 1.807) is 4.90 Å².